The number of hydrogen-bond acceptors (Lipinski definition) is 3. The number of nitrogens with zero attached hydrogens (tertiary/aromatic N) is 2. The van der Waals surface area contributed by atoms with E-state index in [1.807, 2.05) is 22.6 Å². The van der Waals surface area contributed by atoms with Crippen molar-refractivity contribution in [2.24, 2.45) is 0 Å². The van der Waals surface area contributed by atoms with E-state index >= 15 is 0 Å². The van der Waals surface area contributed by atoms with Gasteiger partial charge in [0.05, 0.1) is 4.92 Å². The molecule has 0 aromatic carbocycles. The highest BCUT2D eigenvalue weighted by Crippen LogP contribution is 2.17. The molecule has 1 rings (SSSR count). The third-order valence-corrected chi connectivity index (χ3v) is 1.96. The molecule has 1 aromatic rings. The second kappa shape index (κ2) is 3.12. The minimum absolute atomic E-state index is 0.0659. The van der Waals surface area contributed by atoms with Crippen LogP contribution in [0.5, 0.6) is 0 Å². The van der Waals surface area contributed by atoms with Gasteiger partial charge in [-0.05, 0) is 35.6 Å². The summed E-state index contributed by atoms with van der Waals surface area (Å²) in [6, 6.07) is 3.09. The van der Waals surface area contributed by atoms with Crippen LogP contribution in [0.3, 0.4) is 0 Å². The molecule has 0 N–H and O–H groups in total. The van der Waals surface area contributed by atoms with Crippen molar-refractivity contribution in [3.63, 3.8) is 0 Å². The van der Waals surface area contributed by atoms with Crippen molar-refractivity contribution in [1.29, 1.82) is 0 Å². The van der Waals surface area contributed by atoms with Crippen LogP contribution in [0, 0.1) is 20.7 Å². The summed E-state index contributed by atoms with van der Waals surface area (Å²) in [5, 5.41) is 10.3. The molecule has 0 aliphatic carbocycles. The number of nitro groups is 1. The molecule has 0 atom stereocenters. The molecule has 0 saturated carbocycles. The third kappa shape index (κ3) is 1.86. The molecule has 0 radical (unpaired) electrons. The molecule has 0 spiro atoms. The number of aromatic nitrogens is 1. The van der Waals surface area contributed by atoms with Crippen molar-refractivity contribution in [2.45, 2.75) is 6.92 Å². The summed E-state index contributed by atoms with van der Waals surface area (Å²) in [5.74, 6) is 0. The quantitative estimate of drug-likeness (QED) is 0.337. The van der Waals surface area contributed by atoms with E-state index in [-0.39, 0.29) is 5.69 Å². The maximum atomic E-state index is 10.3. The molecule has 5 heteroatoms. The largest absolute Gasteiger partial charge is 0.301 e. The molecular weight excluding hydrogens is 259 g/mol. The molecular formula is C6H5IN2O2. The van der Waals surface area contributed by atoms with Crippen LogP contribution in [0.4, 0.5) is 5.69 Å². The maximum Gasteiger partial charge on any atom is 0.301 e. The molecule has 58 valence electrons. The zero-order chi connectivity index (χ0) is 8.43. The molecule has 0 unspecified atom stereocenters. The van der Waals surface area contributed by atoms with Crippen molar-refractivity contribution >= 4 is 28.3 Å². The second-order valence-electron chi connectivity index (χ2n) is 2.02. The van der Waals surface area contributed by atoms with Crippen molar-refractivity contribution < 1.29 is 4.92 Å². The molecule has 11 heavy (non-hydrogen) atoms. The van der Waals surface area contributed by atoms with Gasteiger partial charge in [-0.15, -0.1) is 0 Å². The summed E-state index contributed by atoms with van der Waals surface area (Å²) in [5.41, 5.74) is 0.858. The Kier molecular flexibility index (Phi) is 2.38. The van der Waals surface area contributed by atoms with Crippen molar-refractivity contribution in [3.8, 4) is 0 Å². The fraction of sp³-hybridized carbons (Fsp3) is 0.167. The molecule has 0 saturated heterocycles. The number of rotatable bonds is 1. The maximum absolute atomic E-state index is 10.3. The van der Waals surface area contributed by atoms with E-state index in [9.17, 15) is 10.1 Å². The molecule has 0 fully saturated rings. The highest BCUT2D eigenvalue weighted by Gasteiger charge is 2.11. The first kappa shape index (κ1) is 8.38. The first-order valence-corrected chi connectivity index (χ1v) is 3.96. The van der Waals surface area contributed by atoms with Gasteiger partial charge in [-0.1, -0.05) is 0 Å². The first-order chi connectivity index (χ1) is 5.11. The van der Waals surface area contributed by atoms with Gasteiger partial charge in [-0.3, -0.25) is 10.1 Å². The second-order valence-corrected chi connectivity index (χ2v) is 3.04. The Morgan fingerprint density at radius 2 is 2.27 bits per heavy atom. The average Bonchev–Trinajstić information content (AvgIpc) is 1.85. The van der Waals surface area contributed by atoms with Gasteiger partial charge in [0.2, 0.25) is 0 Å². The molecule has 1 heterocycles. The average molecular weight is 264 g/mol. The lowest BCUT2D eigenvalue weighted by Crippen LogP contribution is -1.94. The van der Waals surface area contributed by atoms with E-state index in [0.717, 1.165) is 5.69 Å². The van der Waals surface area contributed by atoms with Crippen LogP contribution in [0.2, 0.25) is 0 Å². The topological polar surface area (TPSA) is 56.0 Å². The van der Waals surface area contributed by atoms with Crippen LogP contribution in [0.1, 0.15) is 5.69 Å². The van der Waals surface area contributed by atoms with Gasteiger partial charge in [-0.2, -0.15) is 0 Å². The van der Waals surface area contributed by atoms with Crippen LogP contribution in [0.25, 0.3) is 0 Å². The Balaban J connectivity index is 3.20. The molecule has 1 aromatic heterocycles. The van der Waals surface area contributed by atoms with E-state index in [2.05, 4.69) is 4.98 Å². The Labute approximate surface area is 76.9 Å². The van der Waals surface area contributed by atoms with E-state index < -0.39 is 4.92 Å². The van der Waals surface area contributed by atoms with E-state index in [0.29, 0.717) is 3.70 Å². The van der Waals surface area contributed by atoms with Gasteiger partial charge >= 0.3 is 5.69 Å². The molecule has 0 aliphatic heterocycles. The number of hydrogen-bond donors (Lipinski definition) is 0. The summed E-state index contributed by atoms with van der Waals surface area (Å²) in [6.45, 7) is 1.80. The fourth-order valence-corrected chi connectivity index (χ4v) is 1.41. The van der Waals surface area contributed by atoms with Gasteiger partial charge in [0.1, 0.15) is 0 Å². The van der Waals surface area contributed by atoms with E-state index in [4.69, 9.17) is 0 Å². The SMILES string of the molecule is Cc1ccc([N+](=O)[O-])c(I)n1. The molecule has 0 bridgehead atoms. The number of pyridine rings is 1. The first-order valence-electron chi connectivity index (χ1n) is 2.89. The van der Waals surface area contributed by atoms with Gasteiger partial charge in [0, 0.05) is 11.8 Å². The zero-order valence-corrected chi connectivity index (χ0v) is 7.90. The molecule has 0 aliphatic rings. The van der Waals surface area contributed by atoms with Gasteiger partial charge in [0.15, 0.2) is 3.70 Å². The van der Waals surface area contributed by atoms with Crippen LogP contribution in [0.15, 0.2) is 12.1 Å². The highest BCUT2D eigenvalue weighted by molar-refractivity contribution is 14.1. The van der Waals surface area contributed by atoms with E-state index in [1.54, 1.807) is 13.0 Å². The van der Waals surface area contributed by atoms with E-state index in [1.165, 1.54) is 6.07 Å². The summed E-state index contributed by atoms with van der Waals surface area (Å²) in [4.78, 5) is 13.8. The lowest BCUT2D eigenvalue weighted by molar-refractivity contribution is -0.386. The predicted octanol–water partition coefficient (Wildman–Crippen LogP) is 1.90. The Hall–Kier alpha value is -0.720. The molecule has 4 nitrogen and oxygen atoms in total. The minimum Gasteiger partial charge on any atom is -0.258 e. The summed E-state index contributed by atoms with van der Waals surface area (Å²) in [7, 11) is 0. The minimum atomic E-state index is -0.436. The smallest absolute Gasteiger partial charge is 0.258 e. The van der Waals surface area contributed by atoms with Crippen LogP contribution < -0.4 is 0 Å². The van der Waals surface area contributed by atoms with Crippen molar-refractivity contribution in [1.82, 2.24) is 4.98 Å². The lowest BCUT2D eigenvalue weighted by Gasteiger charge is -1.94. The predicted molar refractivity (Wildman–Crippen MR) is 48.3 cm³/mol. The van der Waals surface area contributed by atoms with Crippen LogP contribution in [-0.2, 0) is 0 Å². The monoisotopic (exact) mass is 264 g/mol. The Morgan fingerprint density at radius 1 is 1.64 bits per heavy atom. The van der Waals surface area contributed by atoms with Crippen molar-refractivity contribution in [2.75, 3.05) is 0 Å². The Morgan fingerprint density at radius 3 is 2.73 bits per heavy atom. The van der Waals surface area contributed by atoms with Gasteiger partial charge in [-0.25, -0.2) is 4.98 Å². The van der Waals surface area contributed by atoms with Gasteiger partial charge in [0.25, 0.3) is 0 Å². The standard InChI is InChI=1S/C6H5IN2O2/c1-4-2-3-5(9(10)11)6(7)8-4/h2-3H,1H3. The molecule has 0 amide bonds. The third-order valence-electron chi connectivity index (χ3n) is 1.16. The number of halogens is 1. The Bertz CT molecular complexity index is 301. The zero-order valence-electron chi connectivity index (χ0n) is 5.74. The lowest BCUT2D eigenvalue weighted by atomic mass is 10.3. The number of aryl methyl sites for hydroxylation is 1. The van der Waals surface area contributed by atoms with Crippen molar-refractivity contribution in [3.05, 3.63) is 31.6 Å². The fourth-order valence-electron chi connectivity index (χ4n) is 0.654. The summed E-state index contributed by atoms with van der Waals surface area (Å²) >= 11 is 1.85. The highest BCUT2D eigenvalue weighted by atomic mass is 127. The normalized spacial score (nSPS) is 9.64. The summed E-state index contributed by atoms with van der Waals surface area (Å²) < 4.78 is 0.438. The van der Waals surface area contributed by atoms with Gasteiger partial charge < -0.3 is 0 Å². The summed E-state index contributed by atoms with van der Waals surface area (Å²) in [6.07, 6.45) is 0. The van der Waals surface area contributed by atoms with Crippen LogP contribution in [-0.4, -0.2) is 9.91 Å². The van der Waals surface area contributed by atoms with Crippen LogP contribution >= 0.6 is 22.6 Å².